The number of nitrogens with one attached hydrogen (secondary N) is 1. The molecule has 6 nitrogen and oxygen atoms in total. The van der Waals surface area contributed by atoms with Gasteiger partial charge in [0.05, 0.1) is 21.3 Å². The molecule has 2 aromatic carbocycles. The topological polar surface area (TPSA) is 61.7 Å². The van der Waals surface area contributed by atoms with Gasteiger partial charge < -0.3 is 24.1 Å². The first-order valence-electron chi connectivity index (χ1n) is 9.50. The molecule has 0 bridgehead atoms. The number of benzene rings is 2. The molecule has 30 heavy (non-hydrogen) atoms. The van der Waals surface area contributed by atoms with E-state index in [1.807, 2.05) is 48.8 Å². The molecule has 0 saturated heterocycles. The van der Waals surface area contributed by atoms with Crippen LogP contribution < -0.4 is 19.5 Å². The van der Waals surface area contributed by atoms with E-state index < -0.39 is 0 Å². The Morgan fingerprint density at radius 2 is 1.60 bits per heavy atom. The lowest BCUT2D eigenvalue weighted by Crippen LogP contribution is -2.18. The third-order valence-corrected chi connectivity index (χ3v) is 5.07. The van der Waals surface area contributed by atoms with E-state index in [-0.39, 0.29) is 11.8 Å². The molecule has 1 heterocycles. The number of methoxy groups -OCH3 is 3. The van der Waals surface area contributed by atoms with Crippen LogP contribution in [0.3, 0.4) is 0 Å². The number of carbonyl (C=O) groups is 1. The van der Waals surface area contributed by atoms with E-state index in [0.717, 1.165) is 5.56 Å². The molecule has 158 valence electrons. The van der Waals surface area contributed by atoms with Crippen molar-refractivity contribution in [2.45, 2.75) is 18.9 Å². The van der Waals surface area contributed by atoms with Gasteiger partial charge >= 0.3 is 0 Å². The fraction of sp³-hybridized carbons (Fsp3) is 0.261. The molecule has 0 radical (unpaired) electrons. The number of ether oxygens (including phenoxy) is 3. The Morgan fingerprint density at radius 1 is 1.00 bits per heavy atom. The Morgan fingerprint density at radius 3 is 2.13 bits per heavy atom. The maximum atomic E-state index is 12.9. The van der Waals surface area contributed by atoms with Crippen molar-refractivity contribution in [1.29, 1.82) is 0 Å². The Kier molecular flexibility index (Phi) is 7.25. The van der Waals surface area contributed by atoms with Crippen LogP contribution in [0, 0.1) is 0 Å². The van der Waals surface area contributed by atoms with Crippen LogP contribution in [0.4, 0.5) is 5.69 Å². The molecule has 3 rings (SSSR count). The molecule has 0 fully saturated rings. The molecule has 0 spiro atoms. The smallest absolute Gasteiger partial charge is 0.225 e. The number of hydrogen-bond acceptors (Lipinski definition) is 4. The lowest BCUT2D eigenvalue weighted by molar-refractivity contribution is -0.116. The minimum Gasteiger partial charge on any atom is -0.493 e. The van der Waals surface area contributed by atoms with Crippen LogP contribution in [0.1, 0.15) is 17.9 Å². The number of halogens is 1. The van der Waals surface area contributed by atoms with Gasteiger partial charge in [-0.1, -0.05) is 23.7 Å². The summed E-state index contributed by atoms with van der Waals surface area (Å²) in [5.41, 5.74) is 1.62. The first-order chi connectivity index (χ1) is 14.5. The van der Waals surface area contributed by atoms with Crippen LogP contribution in [0.15, 0.2) is 60.9 Å². The molecular weight excluding hydrogens is 404 g/mol. The van der Waals surface area contributed by atoms with E-state index in [9.17, 15) is 4.79 Å². The van der Waals surface area contributed by atoms with Crippen LogP contribution in [-0.4, -0.2) is 31.8 Å². The van der Waals surface area contributed by atoms with E-state index in [2.05, 4.69) is 9.88 Å². The molecule has 1 atom stereocenters. The summed E-state index contributed by atoms with van der Waals surface area (Å²) in [6.07, 6.45) is 4.27. The fourth-order valence-corrected chi connectivity index (χ4v) is 3.48. The van der Waals surface area contributed by atoms with E-state index >= 15 is 0 Å². The van der Waals surface area contributed by atoms with Crippen LogP contribution in [0.2, 0.25) is 5.02 Å². The molecule has 1 aromatic heterocycles. The van der Waals surface area contributed by atoms with Gasteiger partial charge in [-0.15, -0.1) is 0 Å². The molecule has 0 aliphatic heterocycles. The Labute approximate surface area is 181 Å². The molecule has 3 aromatic rings. The second-order valence-electron chi connectivity index (χ2n) is 6.79. The first-order valence-corrected chi connectivity index (χ1v) is 9.88. The molecule has 0 saturated carbocycles. The average molecular weight is 429 g/mol. The summed E-state index contributed by atoms with van der Waals surface area (Å²) in [5, 5.41) is 3.61. The predicted octanol–water partition coefficient (Wildman–Crippen LogP) is 4.98. The number of rotatable bonds is 9. The van der Waals surface area contributed by atoms with Crippen molar-refractivity contribution in [3.8, 4) is 17.2 Å². The van der Waals surface area contributed by atoms with Crippen LogP contribution >= 0.6 is 11.6 Å². The summed E-state index contributed by atoms with van der Waals surface area (Å²) in [4.78, 5) is 12.9. The number of hydrogen-bond donors (Lipinski definition) is 1. The Balaban J connectivity index is 1.79. The summed E-state index contributed by atoms with van der Waals surface area (Å²) in [6.45, 7) is 0.678. The second-order valence-corrected chi connectivity index (χ2v) is 7.23. The third-order valence-electron chi connectivity index (χ3n) is 4.82. The van der Waals surface area contributed by atoms with Crippen molar-refractivity contribution < 1.29 is 19.0 Å². The van der Waals surface area contributed by atoms with Gasteiger partial charge in [0.25, 0.3) is 0 Å². The summed E-state index contributed by atoms with van der Waals surface area (Å²) in [7, 11) is 4.61. The number of nitrogens with zero attached hydrogens (tertiary/aromatic N) is 1. The van der Waals surface area contributed by atoms with E-state index in [1.54, 1.807) is 12.1 Å². The molecule has 1 amide bonds. The van der Waals surface area contributed by atoms with Gasteiger partial charge in [-0.05, 0) is 29.8 Å². The minimum absolute atomic E-state index is 0.0169. The van der Waals surface area contributed by atoms with Gasteiger partial charge in [0.1, 0.15) is 0 Å². The highest BCUT2D eigenvalue weighted by atomic mass is 35.5. The van der Waals surface area contributed by atoms with E-state index in [1.165, 1.54) is 21.3 Å². The van der Waals surface area contributed by atoms with Gasteiger partial charge in [0.15, 0.2) is 11.5 Å². The zero-order valence-electron chi connectivity index (χ0n) is 17.2. The van der Waals surface area contributed by atoms with E-state index in [0.29, 0.717) is 40.9 Å². The Bertz CT molecular complexity index is 946. The average Bonchev–Trinajstić information content (AvgIpc) is 3.26. The van der Waals surface area contributed by atoms with Crippen LogP contribution in [-0.2, 0) is 11.3 Å². The highest BCUT2D eigenvalue weighted by molar-refractivity contribution is 6.30. The van der Waals surface area contributed by atoms with Crippen molar-refractivity contribution >= 4 is 23.2 Å². The zero-order valence-corrected chi connectivity index (χ0v) is 18.0. The molecule has 0 unspecified atom stereocenters. The van der Waals surface area contributed by atoms with Crippen molar-refractivity contribution in [3.05, 3.63) is 71.5 Å². The monoisotopic (exact) mass is 428 g/mol. The molecule has 1 N–H and O–H groups in total. The maximum absolute atomic E-state index is 12.9. The summed E-state index contributed by atoms with van der Waals surface area (Å²) in [6, 6.07) is 15.0. The predicted molar refractivity (Wildman–Crippen MR) is 118 cm³/mol. The first kappa shape index (κ1) is 21.6. The lowest BCUT2D eigenvalue weighted by atomic mass is 9.95. The van der Waals surface area contributed by atoms with Crippen molar-refractivity contribution in [2.24, 2.45) is 0 Å². The van der Waals surface area contributed by atoms with Crippen molar-refractivity contribution in [1.82, 2.24) is 4.57 Å². The maximum Gasteiger partial charge on any atom is 0.225 e. The highest BCUT2D eigenvalue weighted by Crippen LogP contribution is 2.40. The quantitative estimate of drug-likeness (QED) is 0.522. The second kappa shape index (κ2) is 10.1. The minimum atomic E-state index is -0.114. The number of anilines is 1. The summed E-state index contributed by atoms with van der Waals surface area (Å²) < 4.78 is 18.1. The van der Waals surface area contributed by atoms with Gasteiger partial charge in [0.2, 0.25) is 11.7 Å². The summed E-state index contributed by atoms with van der Waals surface area (Å²) in [5.74, 6) is 1.31. The van der Waals surface area contributed by atoms with Crippen LogP contribution in [0.25, 0.3) is 0 Å². The van der Waals surface area contributed by atoms with Crippen molar-refractivity contribution in [2.75, 3.05) is 26.6 Å². The van der Waals surface area contributed by atoms with E-state index in [4.69, 9.17) is 25.8 Å². The van der Waals surface area contributed by atoms with Gasteiger partial charge in [-0.3, -0.25) is 4.79 Å². The zero-order chi connectivity index (χ0) is 21.5. The molecule has 0 aliphatic carbocycles. The number of aromatic nitrogens is 1. The lowest BCUT2D eigenvalue weighted by Gasteiger charge is -2.19. The number of carbonyl (C=O) groups excluding carboxylic acids is 1. The molecular formula is C23H25ClN2O4. The van der Waals surface area contributed by atoms with Gasteiger partial charge in [-0.2, -0.15) is 0 Å². The normalized spacial score (nSPS) is 11.6. The standard InChI is InChI=1S/C23H25ClN2O4/c1-28-20-13-19(14-21(29-2)23(20)30-3)25-22(27)12-17(15-26-10-4-5-11-26)16-6-8-18(24)9-7-16/h4-11,13-14,17H,12,15H2,1-3H3,(H,25,27)/t17-/m1/s1. The van der Waals surface area contributed by atoms with Crippen LogP contribution in [0.5, 0.6) is 17.2 Å². The fourth-order valence-electron chi connectivity index (χ4n) is 3.36. The third kappa shape index (κ3) is 5.27. The largest absolute Gasteiger partial charge is 0.493 e. The summed E-state index contributed by atoms with van der Waals surface area (Å²) >= 11 is 6.04. The Hall–Kier alpha value is -3.12. The molecule has 7 heteroatoms. The van der Waals surface area contributed by atoms with Gasteiger partial charge in [-0.25, -0.2) is 0 Å². The molecule has 0 aliphatic rings. The van der Waals surface area contributed by atoms with Gasteiger partial charge in [0, 0.05) is 54.1 Å². The van der Waals surface area contributed by atoms with Crippen molar-refractivity contribution in [3.63, 3.8) is 0 Å². The number of amides is 1. The SMILES string of the molecule is COc1cc(NC(=O)C[C@H](Cn2cccc2)c2ccc(Cl)cc2)cc(OC)c1OC. The highest BCUT2D eigenvalue weighted by Gasteiger charge is 2.19.